The summed E-state index contributed by atoms with van der Waals surface area (Å²) in [6.07, 6.45) is 5.09. The maximum absolute atomic E-state index is 3.74. The third-order valence-electron chi connectivity index (χ3n) is 4.06. The van der Waals surface area contributed by atoms with Gasteiger partial charge in [0, 0.05) is 17.1 Å². The van der Waals surface area contributed by atoms with E-state index in [1.807, 2.05) is 0 Å². The number of hydrogen-bond donors (Lipinski definition) is 1. The van der Waals surface area contributed by atoms with Crippen LogP contribution in [-0.4, -0.2) is 0 Å². The lowest BCUT2D eigenvalue weighted by Gasteiger charge is -2.19. The standard InChI is InChI=1S/C18H20BrN/c19-16-9-5-6-14(12-16)13-20-18-11-4-2-8-15-7-1-3-10-17(15)18/h1,3,5-7,9-10,12,18,20H,2,4,8,11,13H2. The lowest BCUT2D eigenvalue weighted by Crippen LogP contribution is -2.21. The number of halogens is 1. The van der Waals surface area contributed by atoms with Gasteiger partial charge in [-0.05, 0) is 48.1 Å². The van der Waals surface area contributed by atoms with Crippen molar-refractivity contribution in [2.75, 3.05) is 0 Å². The van der Waals surface area contributed by atoms with Crippen LogP contribution < -0.4 is 5.32 Å². The molecule has 0 spiro atoms. The van der Waals surface area contributed by atoms with Crippen LogP contribution in [0.4, 0.5) is 0 Å². The number of benzene rings is 2. The van der Waals surface area contributed by atoms with Gasteiger partial charge in [0.25, 0.3) is 0 Å². The Balaban J connectivity index is 1.74. The molecule has 2 aromatic carbocycles. The summed E-state index contributed by atoms with van der Waals surface area (Å²) in [4.78, 5) is 0. The van der Waals surface area contributed by atoms with Crippen molar-refractivity contribution in [3.63, 3.8) is 0 Å². The molecule has 1 N–H and O–H groups in total. The molecular weight excluding hydrogens is 310 g/mol. The highest BCUT2D eigenvalue weighted by molar-refractivity contribution is 9.10. The smallest absolute Gasteiger partial charge is 0.0325 e. The number of fused-ring (bicyclic) bond motifs is 1. The van der Waals surface area contributed by atoms with E-state index in [4.69, 9.17) is 0 Å². The van der Waals surface area contributed by atoms with E-state index in [-0.39, 0.29) is 0 Å². The van der Waals surface area contributed by atoms with E-state index in [0.717, 1.165) is 11.0 Å². The lowest BCUT2D eigenvalue weighted by molar-refractivity contribution is 0.489. The van der Waals surface area contributed by atoms with Gasteiger partial charge in [-0.1, -0.05) is 58.7 Å². The predicted octanol–water partition coefficient (Wildman–Crippen LogP) is 5.01. The second-order valence-corrected chi connectivity index (χ2v) is 6.42. The van der Waals surface area contributed by atoms with Gasteiger partial charge >= 0.3 is 0 Å². The Morgan fingerprint density at radius 3 is 2.85 bits per heavy atom. The number of hydrogen-bond acceptors (Lipinski definition) is 1. The molecule has 1 unspecified atom stereocenters. The quantitative estimate of drug-likeness (QED) is 0.781. The molecule has 0 heterocycles. The second-order valence-electron chi connectivity index (χ2n) is 5.51. The first-order valence-electron chi connectivity index (χ1n) is 7.38. The minimum Gasteiger partial charge on any atom is -0.306 e. The van der Waals surface area contributed by atoms with Crippen molar-refractivity contribution in [2.45, 2.75) is 38.3 Å². The first-order valence-corrected chi connectivity index (χ1v) is 8.18. The fourth-order valence-electron chi connectivity index (χ4n) is 3.02. The fraction of sp³-hybridized carbons (Fsp3) is 0.333. The molecule has 0 amide bonds. The highest BCUT2D eigenvalue weighted by atomic mass is 79.9. The van der Waals surface area contributed by atoms with Crippen molar-refractivity contribution >= 4 is 15.9 Å². The molecule has 1 nitrogen and oxygen atoms in total. The summed E-state index contributed by atoms with van der Waals surface area (Å²) in [5.74, 6) is 0. The molecule has 0 saturated carbocycles. The summed E-state index contributed by atoms with van der Waals surface area (Å²) in [5, 5.41) is 3.74. The molecule has 0 bridgehead atoms. The topological polar surface area (TPSA) is 12.0 Å². The lowest BCUT2D eigenvalue weighted by atomic mass is 9.99. The van der Waals surface area contributed by atoms with Crippen LogP contribution in [0.3, 0.4) is 0 Å². The summed E-state index contributed by atoms with van der Waals surface area (Å²) in [7, 11) is 0. The third-order valence-corrected chi connectivity index (χ3v) is 4.55. The molecule has 104 valence electrons. The largest absolute Gasteiger partial charge is 0.306 e. The molecular formula is C18H20BrN. The summed E-state index contributed by atoms with van der Waals surface area (Å²) in [6.45, 7) is 0.929. The van der Waals surface area contributed by atoms with Gasteiger partial charge in [-0.15, -0.1) is 0 Å². The number of rotatable bonds is 3. The van der Waals surface area contributed by atoms with Gasteiger partial charge in [0.2, 0.25) is 0 Å². The minimum atomic E-state index is 0.493. The van der Waals surface area contributed by atoms with Crippen molar-refractivity contribution < 1.29 is 0 Å². The summed E-state index contributed by atoms with van der Waals surface area (Å²) in [6, 6.07) is 17.9. The second kappa shape index (κ2) is 6.55. The van der Waals surface area contributed by atoms with E-state index in [1.54, 1.807) is 0 Å². The van der Waals surface area contributed by atoms with E-state index in [0.29, 0.717) is 6.04 Å². The molecule has 1 aliphatic rings. The zero-order valence-electron chi connectivity index (χ0n) is 11.6. The summed E-state index contributed by atoms with van der Waals surface area (Å²) < 4.78 is 1.15. The van der Waals surface area contributed by atoms with E-state index in [2.05, 4.69) is 69.8 Å². The van der Waals surface area contributed by atoms with Crippen LogP contribution >= 0.6 is 15.9 Å². The van der Waals surface area contributed by atoms with Gasteiger partial charge in [-0.2, -0.15) is 0 Å². The maximum Gasteiger partial charge on any atom is 0.0325 e. The monoisotopic (exact) mass is 329 g/mol. The molecule has 20 heavy (non-hydrogen) atoms. The Hall–Kier alpha value is -1.12. The van der Waals surface area contributed by atoms with Gasteiger partial charge in [-0.25, -0.2) is 0 Å². The van der Waals surface area contributed by atoms with Crippen molar-refractivity contribution in [1.82, 2.24) is 5.32 Å². The average molecular weight is 330 g/mol. The normalized spacial score (nSPS) is 18.4. The van der Waals surface area contributed by atoms with Crippen LogP contribution in [0.25, 0.3) is 0 Å². The zero-order chi connectivity index (χ0) is 13.8. The minimum absolute atomic E-state index is 0.493. The van der Waals surface area contributed by atoms with Crippen LogP contribution in [0.1, 0.15) is 42.0 Å². The van der Waals surface area contributed by atoms with Crippen molar-refractivity contribution in [2.24, 2.45) is 0 Å². The summed E-state index contributed by atoms with van der Waals surface area (Å²) >= 11 is 3.54. The van der Waals surface area contributed by atoms with Crippen molar-refractivity contribution in [3.05, 3.63) is 69.7 Å². The van der Waals surface area contributed by atoms with Gasteiger partial charge in [-0.3, -0.25) is 0 Å². The fourth-order valence-corrected chi connectivity index (χ4v) is 3.47. The molecule has 1 atom stereocenters. The predicted molar refractivity (Wildman–Crippen MR) is 87.7 cm³/mol. The van der Waals surface area contributed by atoms with Crippen molar-refractivity contribution in [1.29, 1.82) is 0 Å². The highest BCUT2D eigenvalue weighted by Gasteiger charge is 2.17. The zero-order valence-corrected chi connectivity index (χ0v) is 13.2. The Kier molecular flexibility index (Phi) is 4.54. The SMILES string of the molecule is Brc1cccc(CNC2CCCCc3ccccc32)c1. The third kappa shape index (κ3) is 3.31. The van der Waals surface area contributed by atoms with Gasteiger partial charge in [0.1, 0.15) is 0 Å². The van der Waals surface area contributed by atoms with E-state index in [1.165, 1.54) is 42.4 Å². The molecule has 0 radical (unpaired) electrons. The average Bonchev–Trinajstić information content (AvgIpc) is 2.67. The number of nitrogens with one attached hydrogen (secondary N) is 1. The molecule has 2 heteroatoms. The molecule has 1 aliphatic carbocycles. The maximum atomic E-state index is 3.74. The van der Waals surface area contributed by atoms with Crippen LogP contribution in [0.2, 0.25) is 0 Å². The first kappa shape index (κ1) is 13.8. The van der Waals surface area contributed by atoms with Gasteiger partial charge in [0.15, 0.2) is 0 Å². The van der Waals surface area contributed by atoms with E-state index in [9.17, 15) is 0 Å². The van der Waals surface area contributed by atoms with Crippen LogP contribution in [-0.2, 0) is 13.0 Å². The Labute approximate surface area is 129 Å². The Morgan fingerprint density at radius 1 is 1.05 bits per heavy atom. The first-order chi connectivity index (χ1) is 9.83. The molecule has 0 aliphatic heterocycles. The van der Waals surface area contributed by atoms with E-state index < -0.39 is 0 Å². The summed E-state index contributed by atoms with van der Waals surface area (Å²) in [5.41, 5.74) is 4.36. The van der Waals surface area contributed by atoms with E-state index >= 15 is 0 Å². The number of aryl methyl sites for hydroxylation is 1. The van der Waals surface area contributed by atoms with Crippen LogP contribution in [0, 0.1) is 0 Å². The molecule has 0 fully saturated rings. The molecule has 3 rings (SSSR count). The van der Waals surface area contributed by atoms with Gasteiger partial charge < -0.3 is 5.32 Å². The van der Waals surface area contributed by atoms with Gasteiger partial charge in [0.05, 0.1) is 0 Å². The highest BCUT2D eigenvalue weighted by Crippen LogP contribution is 2.28. The molecule has 0 saturated heterocycles. The Bertz CT molecular complexity index is 579. The Morgan fingerprint density at radius 2 is 1.95 bits per heavy atom. The van der Waals surface area contributed by atoms with Crippen LogP contribution in [0.5, 0.6) is 0 Å². The molecule has 0 aromatic heterocycles. The molecule has 2 aromatic rings. The van der Waals surface area contributed by atoms with Crippen molar-refractivity contribution in [3.8, 4) is 0 Å². The van der Waals surface area contributed by atoms with Crippen LogP contribution in [0.15, 0.2) is 53.0 Å².